The summed E-state index contributed by atoms with van der Waals surface area (Å²) < 4.78 is 30.8. The van der Waals surface area contributed by atoms with E-state index in [4.69, 9.17) is 0 Å². The number of rotatable bonds is 3. The minimum atomic E-state index is -1.05. The van der Waals surface area contributed by atoms with Gasteiger partial charge in [0.25, 0.3) is 0 Å². The zero-order chi connectivity index (χ0) is 11.0. The summed E-state index contributed by atoms with van der Waals surface area (Å²) in [5.74, 6) is -2.46. The Labute approximate surface area is 85.9 Å². The van der Waals surface area contributed by atoms with Crippen LogP contribution in [0.25, 0.3) is 0 Å². The average Bonchev–Trinajstić information content (AvgIpc) is 3.04. The van der Waals surface area contributed by atoms with E-state index in [1.807, 2.05) is 0 Å². The van der Waals surface area contributed by atoms with E-state index in [9.17, 15) is 13.6 Å². The molecule has 1 fully saturated rings. The van der Waals surface area contributed by atoms with Crippen LogP contribution in [-0.2, 0) is 0 Å². The van der Waals surface area contributed by atoms with Gasteiger partial charge in [-0.15, -0.1) is 0 Å². The first-order chi connectivity index (χ1) is 7.13. The first-order valence-corrected chi connectivity index (χ1v) is 4.70. The van der Waals surface area contributed by atoms with Crippen molar-refractivity contribution >= 4 is 5.78 Å². The Morgan fingerprint density at radius 2 is 2.07 bits per heavy atom. The topological polar surface area (TPSA) is 26.3 Å². The molecule has 0 saturated heterocycles. The van der Waals surface area contributed by atoms with E-state index in [2.05, 4.69) is 4.74 Å². The van der Waals surface area contributed by atoms with Gasteiger partial charge in [0.2, 0.25) is 5.82 Å². The lowest BCUT2D eigenvalue weighted by atomic mass is 10.1. The normalized spacial score (nSPS) is 15.1. The number of hydrogen-bond donors (Lipinski definition) is 0. The number of carbonyl (C=O) groups is 1. The zero-order valence-electron chi connectivity index (χ0n) is 8.22. The number of ether oxygens (including phenoxy) is 1. The third-order valence-electron chi connectivity index (χ3n) is 2.45. The predicted molar refractivity (Wildman–Crippen MR) is 50.0 cm³/mol. The van der Waals surface area contributed by atoms with Crippen LogP contribution in [0.3, 0.4) is 0 Å². The molecule has 4 heteroatoms. The Bertz CT molecular complexity index is 411. The van der Waals surface area contributed by atoms with Crippen molar-refractivity contribution in [1.29, 1.82) is 0 Å². The molecule has 2 nitrogen and oxygen atoms in total. The van der Waals surface area contributed by atoms with E-state index in [1.165, 1.54) is 13.2 Å². The smallest absolute Gasteiger partial charge is 0.200 e. The molecule has 2 rings (SSSR count). The first kappa shape index (κ1) is 10.1. The van der Waals surface area contributed by atoms with Crippen molar-refractivity contribution in [2.45, 2.75) is 12.8 Å². The number of ketones is 1. The second kappa shape index (κ2) is 3.61. The highest BCUT2D eigenvalue weighted by Crippen LogP contribution is 2.34. The highest BCUT2D eigenvalue weighted by Gasteiger charge is 2.31. The average molecular weight is 212 g/mol. The van der Waals surface area contributed by atoms with Gasteiger partial charge in [0.1, 0.15) is 0 Å². The minimum absolute atomic E-state index is 0.0143. The quantitative estimate of drug-likeness (QED) is 0.720. The maximum absolute atomic E-state index is 13.1. The van der Waals surface area contributed by atoms with Crippen molar-refractivity contribution in [2.75, 3.05) is 7.11 Å². The molecule has 0 heterocycles. The Hall–Kier alpha value is -1.45. The van der Waals surface area contributed by atoms with E-state index >= 15 is 0 Å². The van der Waals surface area contributed by atoms with E-state index in [-0.39, 0.29) is 23.0 Å². The van der Waals surface area contributed by atoms with Gasteiger partial charge in [-0.1, -0.05) is 0 Å². The monoisotopic (exact) mass is 212 g/mol. The van der Waals surface area contributed by atoms with E-state index < -0.39 is 11.6 Å². The fourth-order valence-electron chi connectivity index (χ4n) is 1.44. The third-order valence-corrected chi connectivity index (χ3v) is 2.45. The summed E-state index contributed by atoms with van der Waals surface area (Å²) in [7, 11) is 1.24. The van der Waals surface area contributed by atoms with Crippen LogP contribution in [0.1, 0.15) is 23.2 Å². The third kappa shape index (κ3) is 1.84. The lowest BCUT2D eigenvalue weighted by Gasteiger charge is -2.05. The SMILES string of the molecule is COc1cc(C(=O)C2CC2)cc(F)c1F. The molecule has 80 valence electrons. The van der Waals surface area contributed by atoms with E-state index in [0.29, 0.717) is 0 Å². The largest absolute Gasteiger partial charge is 0.494 e. The van der Waals surface area contributed by atoms with Gasteiger partial charge < -0.3 is 4.74 Å². The molecule has 1 aliphatic carbocycles. The summed E-state index contributed by atoms with van der Waals surface area (Å²) in [5, 5.41) is 0. The summed E-state index contributed by atoms with van der Waals surface area (Å²) in [6.45, 7) is 0. The van der Waals surface area contributed by atoms with Crippen molar-refractivity contribution in [2.24, 2.45) is 5.92 Å². The van der Waals surface area contributed by atoms with Gasteiger partial charge in [0, 0.05) is 11.5 Å². The molecule has 1 aromatic rings. The first-order valence-electron chi connectivity index (χ1n) is 4.70. The fraction of sp³-hybridized carbons (Fsp3) is 0.364. The van der Waals surface area contributed by atoms with Crippen molar-refractivity contribution in [3.63, 3.8) is 0 Å². The number of halogens is 2. The Kier molecular flexibility index (Phi) is 2.42. The van der Waals surface area contributed by atoms with Gasteiger partial charge in [0.05, 0.1) is 7.11 Å². The Morgan fingerprint density at radius 1 is 1.40 bits per heavy atom. The van der Waals surface area contributed by atoms with E-state index in [0.717, 1.165) is 18.9 Å². The van der Waals surface area contributed by atoms with Gasteiger partial charge in [-0.25, -0.2) is 4.39 Å². The summed E-state index contributed by atoms with van der Waals surface area (Å²) in [5.41, 5.74) is 0.188. The van der Waals surface area contributed by atoms with Crippen molar-refractivity contribution in [3.8, 4) is 5.75 Å². The number of hydrogen-bond acceptors (Lipinski definition) is 2. The predicted octanol–water partition coefficient (Wildman–Crippen LogP) is 2.57. The molecular formula is C11H10F2O2. The van der Waals surface area contributed by atoms with Crippen LogP contribution in [0.4, 0.5) is 8.78 Å². The van der Waals surface area contributed by atoms with Crippen molar-refractivity contribution < 1.29 is 18.3 Å². The van der Waals surface area contributed by atoms with Gasteiger partial charge in [0.15, 0.2) is 17.3 Å². The molecule has 0 aliphatic heterocycles. The highest BCUT2D eigenvalue weighted by molar-refractivity contribution is 5.99. The minimum Gasteiger partial charge on any atom is -0.494 e. The molecule has 0 atom stereocenters. The molecule has 0 amide bonds. The summed E-state index contributed by atoms with van der Waals surface area (Å²) in [6, 6.07) is 2.18. The van der Waals surface area contributed by atoms with Crippen molar-refractivity contribution in [3.05, 3.63) is 29.3 Å². The Morgan fingerprint density at radius 3 is 2.60 bits per heavy atom. The number of carbonyl (C=O) groups excluding carboxylic acids is 1. The van der Waals surface area contributed by atoms with Crippen LogP contribution < -0.4 is 4.74 Å². The standard InChI is InChI=1S/C11H10F2O2/c1-15-9-5-7(4-8(12)10(9)13)11(14)6-2-3-6/h4-6H,2-3H2,1H3. The lowest BCUT2D eigenvalue weighted by molar-refractivity contribution is 0.0966. The second-order valence-corrected chi connectivity index (χ2v) is 3.61. The number of Topliss-reactive ketones (excluding diaryl/α,β-unsaturated/α-hetero) is 1. The molecule has 1 aromatic carbocycles. The highest BCUT2D eigenvalue weighted by atomic mass is 19.2. The maximum Gasteiger partial charge on any atom is 0.200 e. The molecular weight excluding hydrogens is 202 g/mol. The zero-order valence-corrected chi connectivity index (χ0v) is 8.22. The molecule has 0 bridgehead atoms. The van der Waals surface area contributed by atoms with Crippen molar-refractivity contribution in [1.82, 2.24) is 0 Å². The van der Waals surface area contributed by atoms with Gasteiger partial charge in [-0.3, -0.25) is 4.79 Å². The molecule has 1 saturated carbocycles. The molecule has 15 heavy (non-hydrogen) atoms. The fourth-order valence-corrected chi connectivity index (χ4v) is 1.44. The summed E-state index contributed by atoms with van der Waals surface area (Å²) in [4.78, 5) is 11.6. The summed E-state index contributed by atoms with van der Waals surface area (Å²) >= 11 is 0. The van der Waals surface area contributed by atoms with Gasteiger partial charge in [-0.05, 0) is 25.0 Å². The van der Waals surface area contributed by atoms with Crippen LogP contribution in [-0.4, -0.2) is 12.9 Å². The molecule has 0 aromatic heterocycles. The van der Waals surface area contributed by atoms with Crippen LogP contribution in [0.5, 0.6) is 5.75 Å². The van der Waals surface area contributed by atoms with Crippen LogP contribution >= 0.6 is 0 Å². The molecule has 0 unspecified atom stereocenters. The number of benzene rings is 1. The Balaban J connectivity index is 2.39. The second-order valence-electron chi connectivity index (χ2n) is 3.61. The molecule has 0 spiro atoms. The number of methoxy groups -OCH3 is 1. The molecule has 0 N–H and O–H groups in total. The van der Waals surface area contributed by atoms with Gasteiger partial charge in [-0.2, -0.15) is 4.39 Å². The van der Waals surface area contributed by atoms with Gasteiger partial charge >= 0.3 is 0 Å². The molecule has 0 radical (unpaired) electrons. The molecule has 1 aliphatic rings. The van der Waals surface area contributed by atoms with Crippen LogP contribution in [0.2, 0.25) is 0 Å². The van der Waals surface area contributed by atoms with Crippen LogP contribution in [0, 0.1) is 17.6 Å². The maximum atomic E-state index is 13.1. The van der Waals surface area contributed by atoms with Crippen LogP contribution in [0.15, 0.2) is 12.1 Å². The lowest BCUT2D eigenvalue weighted by Crippen LogP contribution is -2.04. The van der Waals surface area contributed by atoms with E-state index in [1.54, 1.807) is 0 Å². The summed E-state index contributed by atoms with van der Waals surface area (Å²) in [6.07, 6.45) is 1.67.